The van der Waals surface area contributed by atoms with Crippen LogP contribution in [-0.2, 0) is 22.8 Å². The SMILES string of the molecule is O=C(Cn1cnc(-c2ccco2)cc1=O)Nc1onc2c1CSC2. The normalized spacial score (nSPS) is 13.0. The van der Waals surface area contributed by atoms with Gasteiger partial charge in [-0.15, -0.1) is 0 Å². The molecule has 0 spiro atoms. The van der Waals surface area contributed by atoms with Gasteiger partial charge in [-0.25, -0.2) is 4.98 Å². The zero-order valence-electron chi connectivity index (χ0n) is 12.4. The first-order valence-corrected chi connectivity index (χ1v) is 8.31. The summed E-state index contributed by atoms with van der Waals surface area (Å²) < 4.78 is 11.5. The van der Waals surface area contributed by atoms with Crippen molar-refractivity contribution >= 4 is 23.6 Å². The van der Waals surface area contributed by atoms with Gasteiger partial charge in [0.05, 0.1) is 23.8 Å². The van der Waals surface area contributed by atoms with Crippen LogP contribution in [-0.4, -0.2) is 20.6 Å². The summed E-state index contributed by atoms with van der Waals surface area (Å²) in [5.74, 6) is 2.02. The molecular weight excluding hydrogens is 332 g/mol. The van der Waals surface area contributed by atoms with Crippen LogP contribution in [0.25, 0.3) is 11.5 Å². The quantitative estimate of drug-likeness (QED) is 0.770. The summed E-state index contributed by atoms with van der Waals surface area (Å²) in [6.07, 6.45) is 2.82. The van der Waals surface area contributed by atoms with Crippen LogP contribution in [0.4, 0.5) is 5.88 Å². The molecule has 1 aliphatic rings. The molecule has 0 aromatic carbocycles. The Balaban J connectivity index is 1.48. The van der Waals surface area contributed by atoms with Gasteiger partial charge in [-0.1, -0.05) is 5.16 Å². The van der Waals surface area contributed by atoms with E-state index in [-0.39, 0.29) is 18.0 Å². The molecular formula is C15H12N4O4S. The number of rotatable bonds is 4. The molecule has 1 N–H and O–H groups in total. The van der Waals surface area contributed by atoms with Crippen molar-refractivity contribution in [2.75, 3.05) is 5.32 Å². The summed E-state index contributed by atoms with van der Waals surface area (Å²) in [5, 5.41) is 6.57. The van der Waals surface area contributed by atoms with Crippen LogP contribution in [0.2, 0.25) is 0 Å². The second kappa shape index (κ2) is 6.00. The van der Waals surface area contributed by atoms with Crippen molar-refractivity contribution in [3.63, 3.8) is 0 Å². The van der Waals surface area contributed by atoms with Gasteiger partial charge in [0.1, 0.15) is 12.2 Å². The third-order valence-corrected chi connectivity index (χ3v) is 4.55. The molecule has 8 nitrogen and oxygen atoms in total. The Hall–Kier alpha value is -2.81. The van der Waals surface area contributed by atoms with Gasteiger partial charge in [-0.05, 0) is 12.1 Å². The zero-order valence-corrected chi connectivity index (χ0v) is 13.2. The summed E-state index contributed by atoms with van der Waals surface area (Å²) in [7, 11) is 0. The van der Waals surface area contributed by atoms with E-state index in [0.29, 0.717) is 17.3 Å². The molecule has 3 aromatic heterocycles. The van der Waals surface area contributed by atoms with Crippen LogP contribution < -0.4 is 10.9 Å². The molecule has 0 unspecified atom stereocenters. The predicted octanol–water partition coefficient (Wildman–Crippen LogP) is 1.88. The number of carbonyl (C=O) groups is 1. The van der Waals surface area contributed by atoms with Gasteiger partial charge < -0.3 is 8.94 Å². The number of aromatic nitrogens is 3. The fraction of sp³-hybridized carbons (Fsp3) is 0.200. The van der Waals surface area contributed by atoms with Crippen molar-refractivity contribution in [3.05, 3.63) is 52.4 Å². The lowest BCUT2D eigenvalue weighted by molar-refractivity contribution is -0.116. The van der Waals surface area contributed by atoms with Crippen molar-refractivity contribution in [2.24, 2.45) is 0 Å². The zero-order chi connectivity index (χ0) is 16.5. The van der Waals surface area contributed by atoms with E-state index in [9.17, 15) is 9.59 Å². The third-order valence-electron chi connectivity index (χ3n) is 3.57. The van der Waals surface area contributed by atoms with E-state index in [0.717, 1.165) is 22.8 Å². The second-order valence-electron chi connectivity index (χ2n) is 5.20. The standard InChI is InChI=1S/C15H12N4O4S/c20-13(17-15-9-6-24-7-11(9)18-23-15)5-19-8-16-10(4-14(19)21)12-2-1-3-22-12/h1-4,8H,5-7H2,(H,17,20). The van der Waals surface area contributed by atoms with Crippen LogP contribution >= 0.6 is 11.8 Å². The van der Waals surface area contributed by atoms with Crippen LogP contribution in [0, 0.1) is 0 Å². The maximum absolute atomic E-state index is 12.1. The summed E-state index contributed by atoms with van der Waals surface area (Å²) >= 11 is 1.71. The topological polar surface area (TPSA) is 103 Å². The van der Waals surface area contributed by atoms with Gasteiger partial charge in [-0.3, -0.25) is 19.5 Å². The molecule has 0 fully saturated rings. The van der Waals surface area contributed by atoms with Crippen LogP contribution in [0.5, 0.6) is 0 Å². The Morgan fingerprint density at radius 2 is 2.33 bits per heavy atom. The first kappa shape index (κ1) is 14.8. The number of fused-ring (bicyclic) bond motifs is 1. The van der Waals surface area contributed by atoms with E-state index in [4.69, 9.17) is 8.94 Å². The smallest absolute Gasteiger partial charge is 0.254 e. The molecule has 0 bridgehead atoms. The number of anilines is 1. The van der Waals surface area contributed by atoms with Crippen molar-refractivity contribution in [1.82, 2.24) is 14.7 Å². The number of furan rings is 1. The fourth-order valence-corrected chi connectivity index (χ4v) is 3.40. The highest BCUT2D eigenvalue weighted by Crippen LogP contribution is 2.34. The van der Waals surface area contributed by atoms with E-state index in [1.54, 1.807) is 23.9 Å². The highest BCUT2D eigenvalue weighted by atomic mass is 32.2. The summed E-state index contributed by atoms with van der Waals surface area (Å²) in [6.45, 7) is -0.160. The van der Waals surface area contributed by atoms with Crippen LogP contribution in [0.1, 0.15) is 11.3 Å². The molecule has 4 rings (SSSR count). The van der Waals surface area contributed by atoms with Gasteiger partial charge in [0.2, 0.25) is 11.8 Å². The van der Waals surface area contributed by atoms with Crippen molar-refractivity contribution in [1.29, 1.82) is 0 Å². The number of carbonyl (C=O) groups excluding carboxylic acids is 1. The number of thioether (sulfide) groups is 1. The molecule has 0 saturated heterocycles. The van der Waals surface area contributed by atoms with Crippen LogP contribution in [0.15, 0.2) is 44.5 Å². The number of hydrogen-bond acceptors (Lipinski definition) is 7. The molecule has 4 heterocycles. The number of hydrogen-bond donors (Lipinski definition) is 1. The van der Waals surface area contributed by atoms with Gasteiger partial charge in [-0.2, -0.15) is 11.8 Å². The molecule has 9 heteroatoms. The van der Waals surface area contributed by atoms with E-state index in [2.05, 4.69) is 15.5 Å². The highest BCUT2D eigenvalue weighted by molar-refractivity contribution is 7.98. The van der Waals surface area contributed by atoms with E-state index in [1.807, 2.05) is 0 Å². The first-order chi connectivity index (χ1) is 11.7. The lowest BCUT2D eigenvalue weighted by Crippen LogP contribution is -2.27. The monoisotopic (exact) mass is 344 g/mol. The lowest BCUT2D eigenvalue weighted by atomic mass is 10.3. The average Bonchev–Trinajstić information content (AvgIpc) is 3.28. The number of nitrogens with one attached hydrogen (secondary N) is 1. The van der Waals surface area contributed by atoms with Crippen molar-refractivity contribution in [3.8, 4) is 11.5 Å². The third kappa shape index (κ3) is 2.73. The molecule has 0 saturated carbocycles. The number of amides is 1. The minimum Gasteiger partial charge on any atom is -0.463 e. The maximum atomic E-state index is 12.1. The molecule has 1 aliphatic heterocycles. The number of nitrogens with zero attached hydrogens (tertiary/aromatic N) is 3. The minimum atomic E-state index is -0.375. The maximum Gasteiger partial charge on any atom is 0.254 e. The Labute approximate surface area is 139 Å². The Bertz CT molecular complexity index is 945. The molecule has 0 radical (unpaired) electrons. The first-order valence-electron chi connectivity index (χ1n) is 7.16. The Morgan fingerprint density at radius 1 is 1.42 bits per heavy atom. The van der Waals surface area contributed by atoms with E-state index in [1.165, 1.54) is 23.2 Å². The second-order valence-corrected chi connectivity index (χ2v) is 6.18. The molecule has 1 amide bonds. The highest BCUT2D eigenvalue weighted by Gasteiger charge is 2.22. The van der Waals surface area contributed by atoms with Gasteiger partial charge in [0.15, 0.2) is 5.76 Å². The van der Waals surface area contributed by atoms with E-state index < -0.39 is 0 Å². The van der Waals surface area contributed by atoms with Gasteiger partial charge in [0, 0.05) is 17.6 Å². The molecule has 122 valence electrons. The lowest BCUT2D eigenvalue weighted by Gasteiger charge is -2.06. The Morgan fingerprint density at radius 3 is 3.12 bits per heavy atom. The summed E-state index contributed by atoms with van der Waals surface area (Å²) in [5.41, 5.74) is 1.85. The molecule has 0 aliphatic carbocycles. The Kier molecular flexibility index (Phi) is 3.69. The van der Waals surface area contributed by atoms with Gasteiger partial charge in [0.25, 0.3) is 5.56 Å². The van der Waals surface area contributed by atoms with Crippen molar-refractivity contribution < 1.29 is 13.7 Å². The van der Waals surface area contributed by atoms with Crippen molar-refractivity contribution in [2.45, 2.75) is 18.1 Å². The summed E-state index contributed by atoms with van der Waals surface area (Å²) in [4.78, 5) is 28.4. The average molecular weight is 344 g/mol. The molecule has 24 heavy (non-hydrogen) atoms. The molecule has 0 atom stereocenters. The van der Waals surface area contributed by atoms with Crippen LogP contribution in [0.3, 0.4) is 0 Å². The summed E-state index contributed by atoms with van der Waals surface area (Å²) in [6, 6.07) is 4.75. The largest absolute Gasteiger partial charge is 0.463 e. The van der Waals surface area contributed by atoms with E-state index >= 15 is 0 Å². The minimum absolute atomic E-state index is 0.160. The molecule has 3 aromatic rings. The fourth-order valence-electron chi connectivity index (χ4n) is 2.38. The van der Waals surface area contributed by atoms with Gasteiger partial charge >= 0.3 is 0 Å². The predicted molar refractivity (Wildman–Crippen MR) is 86.3 cm³/mol.